The van der Waals surface area contributed by atoms with E-state index in [1.54, 1.807) is 4.90 Å². The number of carbonyl (C=O) groups excluding carboxylic acids is 1. The van der Waals surface area contributed by atoms with Crippen molar-refractivity contribution in [1.29, 1.82) is 0 Å². The van der Waals surface area contributed by atoms with Gasteiger partial charge in [-0.05, 0) is 37.1 Å². The van der Waals surface area contributed by atoms with E-state index in [-0.39, 0.29) is 17.9 Å². The Labute approximate surface area is 160 Å². The quantitative estimate of drug-likeness (QED) is 0.834. The Balaban J connectivity index is 1.41. The summed E-state index contributed by atoms with van der Waals surface area (Å²) >= 11 is 0. The summed E-state index contributed by atoms with van der Waals surface area (Å²) in [5.74, 6) is 1.78. The van der Waals surface area contributed by atoms with Crippen molar-refractivity contribution in [2.24, 2.45) is 5.92 Å². The molecule has 0 aliphatic carbocycles. The summed E-state index contributed by atoms with van der Waals surface area (Å²) in [5, 5.41) is 0. The standard InChI is InChI=1S/C22H26N2O3/c1-3-24-14-18(27-21-11-7-5-9-19(21)24)13-23(2)22(25)17-12-16-8-4-6-10-20(16)26-15-17/h4-11,17-18H,3,12-15H2,1-2H3. The molecule has 0 N–H and O–H groups in total. The minimum Gasteiger partial charge on any atom is -0.492 e. The molecule has 2 aliphatic heterocycles. The van der Waals surface area contributed by atoms with Crippen LogP contribution in [0.15, 0.2) is 48.5 Å². The maximum atomic E-state index is 13.0. The molecule has 142 valence electrons. The third-order valence-electron chi connectivity index (χ3n) is 5.39. The van der Waals surface area contributed by atoms with E-state index in [1.165, 1.54) is 0 Å². The zero-order chi connectivity index (χ0) is 18.8. The average molecular weight is 366 g/mol. The minimum atomic E-state index is -0.136. The summed E-state index contributed by atoms with van der Waals surface area (Å²) in [4.78, 5) is 17.1. The van der Waals surface area contributed by atoms with Crippen molar-refractivity contribution < 1.29 is 14.3 Å². The topological polar surface area (TPSA) is 42.0 Å². The van der Waals surface area contributed by atoms with Gasteiger partial charge in [0.1, 0.15) is 24.2 Å². The summed E-state index contributed by atoms with van der Waals surface area (Å²) in [7, 11) is 1.86. The number of anilines is 1. The van der Waals surface area contributed by atoms with Gasteiger partial charge in [-0.15, -0.1) is 0 Å². The third-order valence-corrected chi connectivity index (χ3v) is 5.39. The second-order valence-electron chi connectivity index (χ2n) is 7.28. The summed E-state index contributed by atoms with van der Waals surface area (Å²) in [6, 6.07) is 16.1. The zero-order valence-corrected chi connectivity index (χ0v) is 15.9. The van der Waals surface area contributed by atoms with Gasteiger partial charge in [-0.2, -0.15) is 0 Å². The number of para-hydroxylation sites is 3. The van der Waals surface area contributed by atoms with Gasteiger partial charge in [-0.1, -0.05) is 30.3 Å². The third kappa shape index (κ3) is 3.59. The van der Waals surface area contributed by atoms with Crippen LogP contribution in [-0.2, 0) is 11.2 Å². The van der Waals surface area contributed by atoms with E-state index in [0.717, 1.165) is 42.3 Å². The Hall–Kier alpha value is -2.69. The molecule has 27 heavy (non-hydrogen) atoms. The summed E-state index contributed by atoms with van der Waals surface area (Å²) in [5.41, 5.74) is 2.23. The molecule has 0 bridgehead atoms. The van der Waals surface area contributed by atoms with Crippen molar-refractivity contribution in [3.05, 3.63) is 54.1 Å². The number of ether oxygens (including phenoxy) is 2. The normalized spacial score (nSPS) is 20.7. The van der Waals surface area contributed by atoms with Gasteiger partial charge in [0.25, 0.3) is 0 Å². The lowest BCUT2D eigenvalue weighted by Gasteiger charge is -2.37. The molecule has 1 amide bonds. The smallest absolute Gasteiger partial charge is 0.229 e. The second kappa shape index (κ2) is 7.51. The highest BCUT2D eigenvalue weighted by Gasteiger charge is 2.31. The van der Waals surface area contributed by atoms with E-state index in [2.05, 4.69) is 17.9 Å². The molecule has 2 heterocycles. The minimum absolute atomic E-state index is 0.0365. The first-order chi connectivity index (χ1) is 13.2. The number of nitrogens with zero attached hydrogens (tertiary/aromatic N) is 2. The summed E-state index contributed by atoms with van der Waals surface area (Å²) in [6.45, 7) is 4.86. The van der Waals surface area contributed by atoms with Crippen LogP contribution in [0.1, 0.15) is 12.5 Å². The van der Waals surface area contributed by atoms with Crippen LogP contribution in [0.3, 0.4) is 0 Å². The van der Waals surface area contributed by atoms with Gasteiger partial charge in [0.2, 0.25) is 5.91 Å². The van der Waals surface area contributed by atoms with Crippen LogP contribution >= 0.6 is 0 Å². The highest BCUT2D eigenvalue weighted by molar-refractivity contribution is 5.79. The number of carbonyl (C=O) groups is 1. The van der Waals surface area contributed by atoms with E-state index < -0.39 is 0 Å². The van der Waals surface area contributed by atoms with Crippen molar-refractivity contribution in [2.75, 3.05) is 38.2 Å². The number of hydrogen-bond donors (Lipinski definition) is 0. The van der Waals surface area contributed by atoms with Gasteiger partial charge in [-0.25, -0.2) is 0 Å². The molecule has 5 heteroatoms. The van der Waals surface area contributed by atoms with Gasteiger partial charge in [-0.3, -0.25) is 4.79 Å². The molecule has 0 spiro atoms. The monoisotopic (exact) mass is 366 g/mol. The Bertz CT molecular complexity index is 823. The van der Waals surface area contributed by atoms with Gasteiger partial charge in [0, 0.05) is 13.6 Å². The lowest BCUT2D eigenvalue weighted by molar-refractivity contribution is -0.136. The van der Waals surface area contributed by atoms with Crippen LogP contribution in [0.2, 0.25) is 0 Å². The summed E-state index contributed by atoms with van der Waals surface area (Å²) in [6.07, 6.45) is 0.694. The van der Waals surface area contributed by atoms with Gasteiger partial charge >= 0.3 is 0 Å². The van der Waals surface area contributed by atoms with Crippen LogP contribution in [0.4, 0.5) is 5.69 Å². The Morgan fingerprint density at radius 3 is 2.70 bits per heavy atom. The molecule has 0 saturated carbocycles. The van der Waals surface area contributed by atoms with E-state index in [9.17, 15) is 4.79 Å². The number of amides is 1. The number of benzene rings is 2. The zero-order valence-electron chi connectivity index (χ0n) is 15.9. The molecular formula is C22H26N2O3. The average Bonchev–Trinajstić information content (AvgIpc) is 2.72. The van der Waals surface area contributed by atoms with Crippen LogP contribution in [-0.4, -0.2) is 50.2 Å². The maximum absolute atomic E-state index is 13.0. The van der Waals surface area contributed by atoms with Gasteiger partial charge < -0.3 is 19.3 Å². The Kier molecular flexibility index (Phi) is 4.92. The fourth-order valence-electron chi connectivity index (χ4n) is 3.97. The summed E-state index contributed by atoms with van der Waals surface area (Å²) < 4.78 is 12.0. The van der Waals surface area contributed by atoms with Crippen LogP contribution in [0.5, 0.6) is 11.5 Å². The number of hydrogen-bond acceptors (Lipinski definition) is 4. The van der Waals surface area contributed by atoms with Crippen molar-refractivity contribution in [1.82, 2.24) is 4.90 Å². The first-order valence-corrected chi connectivity index (χ1v) is 9.62. The van der Waals surface area contributed by atoms with Gasteiger partial charge in [0.15, 0.2) is 0 Å². The molecular weight excluding hydrogens is 340 g/mol. The van der Waals surface area contributed by atoms with E-state index in [4.69, 9.17) is 9.47 Å². The van der Waals surface area contributed by atoms with Crippen molar-refractivity contribution in [3.63, 3.8) is 0 Å². The predicted molar refractivity (Wildman–Crippen MR) is 106 cm³/mol. The number of likely N-dealkylation sites (N-methyl/N-ethyl adjacent to an activating group) is 2. The predicted octanol–water partition coefficient (Wildman–Crippen LogP) is 2.98. The lowest BCUT2D eigenvalue weighted by Crippen LogP contribution is -2.48. The lowest BCUT2D eigenvalue weighted by atomic mass is 9.95. The van der Waals surface area contributed by atoms with E-state index in [1.807, 2.05) is 49.5 Å². The Morgan fingerprint density at radius 1 is 1.15 bits per heavy atom. The van der Waals surface area contributed by atoms with Crippen molar-refractivity contribution in [2.45, 2.75) is 19.4 Å². The fraction of sp³-hybridized carbons (Fsp3) is 0.409. The van der Waals surface area contributed by atoms with Crippen LogP contribution in [0, 0.1) is 5.92 Å². The van der Waals surface area contributed by atoms with Crippen molar-refractivity contribution in [3.8, 4) is 11.5 Å². The first kappa shape index (κ1) is 17.7. The van der Waals surface area contributed by atoms with Crippen molar-refractivity contribution >= 4 is 11.6 Å². The molecule has 2 atom stereocenters. The Morgan fingerprint density at radius 2 is 1.89 bits per heavy atom. The second-order valence-corrected chi connectivity index (χ2v) is 7.28. The molecule has 5 nitrogen and oxygen atoms in total. The maximum Gasteiger partial charge on any atom is 0.229 e. The largest absolute Gasteiger partial charge is 0.492 e. The highest BCUT2D eigenvalue weighted by Crippen LogP contribution is 2.33. The fourth-order valence-corrected chi connectivity index (χ4v) is 3.97. The van der Waals surface area contributed by atoms with E-state index in [0.29, 0.717) is 13.2 Å². The first-order valence-electron chi connectivity index (χ1n) is 9.62. The molecule has 0 radical (unpaired) electrons. The molecule has 4 rings (SSSR count). The van der Waals surface area contributed by atoms with Gasteiger partial charge in [0.05, 0.1) is 24.7 Å². The van der Waals surface area contributed by atoms with Crippen LogP contribution in [0.25, 0.3) is 0 Å². The molecule has 0 saturated heterocycles. The highest BCUT2D eigenvalue weighted by atomic mass is 16.5. The molecule has 0 aromatic heterocycles. The number of fused-ring (bicyclic) bond motifs is 2. The molecule has 0 fully saturated rings. The molecule has 2 aromatic rings. The molecule has 2 unspecified atom stereocenters. The molecule has 2 aromatic carbocycles. The van der Waals surface area contributed by atoms with E-state index >= 15 is 0 Å². The molecule has 2 aliphatic rings. The number of rotatable bonds is 4. The van der Waals surface area contributed by atoms with Crippen LogP contribution < -0.4 is 14.4 Å². The SMILES string of the molecule is CCN1CC(CN(C)C(=O)C2COc3ccccc3C2)Oc2ccccc21.